The number of fused-ring (bicyclic) bond motifs is 3. The second-order valence-corrected chi connectivity index (χ2v) is 6.53. The van der Waals surface area contributed by atoms with E-state index in [4.69, 9.17) is 4.74 Å². The molecule has 1 aliphatic heterocycles. The van der Waals surface area contributed by atoms with Crippen molar-refractivity contribution in [3.05, 3.63) is 11.1 Å². The number of hydrogen-bond acceptors (Lipinski definition) is 3. The van der Waals surface area contributed by atoms with Gasteiger partial charge >= 0.3 is 5.97 Å². The zero-order valence-electron chi connectivity index (χ0n) is 11.4. The van der Waals surface area contributed by atoms with Crippen molar-refractivity contribution in [3.63, 3.8) is 0 Å². The van der Waals surface area contributed by atoms with Crippen molar-refractivity contribution < 1.29 is 14.6 Å². The molecule has 0 spiro atoms. The van der Waals surface area contributed by atoms with Gasteiger partial charge in [-0.3, -0.25) is 4.79 Å². The lowest BCUT2D eigenvalue weighted by Crippen LogP contribution is -2.40. The van der Waals surface area contributed by atoms with Gasteiger partial charge in [0.1, 0.15) is 6.10 Å². The van der Waals surface area contributed by atoms with E-state index in [1.807, 2.05) is 13.8 Å². The van der Waals surface area contributed by atoms with Crippen molar-refractivity contribution in [2.24, 2.45) is 17.8 Å². The molecule has 0 amide bonds. The molecule has 3 nitrogen and oxygen atoms in total. The Balaban J connectivity index is 2.04. The number of carbonyl (C=O) groups excluding carboxylic acids is 1. The third kappa shape index (κ3) is 1.56. The maximum absolute atomic E-state index is 11.8. The summed E-state index contributed by atoms with van der Waals surface area (Å²) >= 11 is 0. The van der Waals surface area contributed by atoms with Crippen LogP contribution in [0, 0.1) is 17.8 Å². The molecule has 0 aromatic carbocycles. The van der Waals surface area contributed by atoms with Crippen molar-refractivity contribution in [3.8, 4) is 0 Å². The minimum Gasteiger partial charge on any atom is -0.461 e. The molecule has 3 heteroatoms. The van der Waals surface area contributed by atoms with Crippen molar-refractivity contribution in [2.75, 3.05) is 0 Å². The summed E-state index contributed by atoms with van der Waals surface area (Å²) in [7, 11) is 0. The van der Waals surface area contributed by atoms with E-state index in [1.165, 1.54) is 11.1 Å². The van der Waals surface area contributed by atoms with Gasteiger partial charge in [0, 0.05) is 11.8 Å². The highest BCUT2D eigenvalue weighted by molar-refractivity contribution is 5.75. The molecular formula is C15H22O3. The highest BCUT2D eigenvalue weighted by atomic mass is 16.6. The van der Waals surface area contributed by atoms with Crippen LogP contribution in [0.15, 0.2) is 11.1 Å². The molecule has 3 aliphatic rings. The Hall–Kier alpha value is -0.830. The lowest BCUT2D eigenvalue weighted by Gasteiger charge is -2.32. The molecule has 18 heavy (non-hydrogen) atoms. The lowest BCUT2D eigenvalue weighted by molar-refractivity contribution is -0.147. The number of aliphatic hydroxyl groups is 1. The summed E-state index contributed by atoms with van der Waals surface area (Å²) in [4.78, 5) is 11.8. The predicted octanol–water partition coefficient (Wildman–Crippen LogP) is 2.44. The first-order valence-corrected chi connectivity index (χ1v) is 7.03. The molecule has 0 unspecified atom stereocenters. The van der Waals surface area contributed by atoms with Crippen molar-refractivity contribution in [2.45, 2.75) is 58.2 Å². The van der Waals surface area contributed by atoms with Crippen LogP contribution in [-0.2, 0) is 9.53 Å². The fourth-order valence-electron chi connectivity index (χ4n) is 4.17. The molecule has 1 heterocycles. The summed E-state index contributed by atoms with van der Waals surface area (Å²) in [5.74, 6) is 0.212. The molecule has 0 radical (unpaired) electrons. The SMILES string of the molecule is CC1=C2CC[C@@](C)(O)[C@@H]2[C@H]2OC(=O)[C@H](C)[C@@H]2CC1. The zero-order chi connectivity index (χ0) is 13.1. The van der Waals surface area contributed by atoms with E-state index in [2.05, 4.69) is 6.92 Å². The van der Waals surface area contributed by atoms with Crippen molar-refractivity contribution >= 4 is 5.97 Å². The van der Waals surface area contributed by atoms with Gasteiger partial charge in [0.2, 0.25) is 0 Å². The number of esters is 1. The lowest BCUT2D eigenvalue weighted by atomic mass is 9.78. The summed E-state index contributed by atoms with van der Waals surface area (Å²) in [6, 6.07) is 0. The van der Waals surface area contributed by atoms with Gasteiger partial charge < -0.3 is 9.84 Å². The summed E-state index contributed by atoms with van der Waals surface area (Å²) in [6.07, 6.45) is 3.71. The van der Waals surface area contributed by atoms with Gasteiger partial charge in [-0.1, -0.05) is 18.1 Å². The van der Waals surface area contributed by atoms with E-state index in [0.717, 1.165) is 25.7 Å². The van der Waals surface area contributed by atoms with E-state index < -0.39 is 5.60 Å². The van der Waals surface area contributed by atoms with Crippen LogP contribution in [0.25, 0.3) is 0 Å². The summed E-state index contributed by atoms with van der Waals surface area (Å²) < 4.78 is 5.62. The number of hydrogen-bond donors (Lipinski definition) is 1. The first-order chi connectivity index (χ1) is 8.42. The highest BCUT2D eigenvalue weighted by Gasteiger charge is 2.55. The molecular weight excluding hydrogens is 228 g/mol. The fraction of sp³-hybridized carbons (Fsp3) is 0.800. The average molecular weight is 250 g/mol. The Morgan fingerprint density at radius 3 is 2.83 bits per heavy atom. The molecule has 0 aromatic heterocycles. The third-order valence-electron chi connectivity index (χ3n) is 5.36. The fourth-order valence-corrected chi connectivity index (χ4v) is 4.17. The number of ether oxygens (including phenoxy) is 1. The number of carbonyl (C=O) groups is 1. The molecule has 1 saturated heterocycles. The highest BCUT2D eigenvalue weighted by Crippen LogP contribution is 2.52. The average Bonchev–Trinajstić information content (AvgIpc) is 2.69. The van der Waals surface area contributed by atoms with Gasteiger partial charge in [0.25, 0.3) is 0 Å². The Morgan fingerprint density at radius 2 is 2.11 bits per heavy atom. The quantitative estimate of drug-likeness (QED) is 0.530. The molecule has 2 fully saturated rings. The maximum Gasteiger partial charge on any atom is 0.309 e. The van der Waals surface area contributed by atoms with Crippen LogP contribution in [0.4, 0.5) is 0 Å². The first-order valence-electron chi connectivity index (χ1n) is 7.03. The molecule has 100 valence electrons. The van der Waals surface area contributed by atoms with Crippen LogP contribution in [0.5, 0.6) is 0 Å². The molecule has 3 rings (SSSR count). The minimum absolute atomic E-state index is 0.0152. The number of allylic oxidation sites excluding steroid dienone is 1. The Labute approximate surface area is 108 Å². The number of rotatable bonds is 0. The van der Waals surface area contributed by atoms with Crippen LogP contribution < -0.4 is 0 Å². The van der Waals surface area contributed by atoms with Gasteiger partial charge in [-0.2, -0.15) is 0 Å². The van der Waals surface area contributed by atoms with Crippen LogP contribution in [-0.4, -0.2) is 22.8 Å². The Bertz CT molecular complexity index is 421. The maximum atomic E-state index is 11.8. The Kier molecular flexibility index (Phi) is 2.60. The predicted molar refractivity (Wildman–Crippen MR) is 67.8 cm³/mol. The Morgan fingerprint density at radius 1 is 1.39 bits per heavy atom. The molecule has 2 aliphatic carbocycles. The molecule has 0 aromatic rings. The summed E-state index contributed by atoms with van der Waals surface area (Å²) in [6.45, 7) is 6.05. The van der Waals surface area contributed by atoms with Crippen LogP contribution >= 0.6 is 0 Å². The normalized spacial score (nSPS) is 47.7. The second kappa shape index (κ2) is 3.83. The largest absolute Gasteiger partial charge is 0.461 e. The zero-order valence-corrected chi connectivity index (χ0v) is 11.4. The first kappa shape index (κ1) is 12.2. The minimum atomic E-state index is -0.714. The molecule has 1 N–H and O–H groups in total. The van der Waals surface area contributed by atoms with Crippen LogP contribution in [0.2, 0.25) is 0 Å². The topological polar surface area (TPSA) is 46.5 Å². The smallest absolute Gasteiger partial charge is 0.309 e. The second-order valence-electron chi connectivity index (χ2n) is 6.53. The van der Waals surface area contributed by atoms with E-state index in [0.29, 0.717) is 0 Å². The van der Waals surface area contributed by atoms with Gasteiger partial charge in [-0.15, -0.1) is 0 Å². The van der Waals surface area contributed by atoms with Gasteiger partial charge in [-0.05, 0) is 39.5 Å². The van der Waals surface area contributed by atoms with Gasteiger partial charge in [-0.25, -0.2) is 0 Å². The summed E-state index contributed by atoms with van der Waals surface area (Å²) in [5, 5.41) is 10.6. The van der Waals surface area contributed by atoms with Crippen LogP contribution in [0.3, 0.4) is 0 Å². The molecule has 5 atom stereocenters. The monoisotopic (exact) mass is 250 g/mol. The van der Waals surface area contributed by atoms with Gasteiger partial charge in [0.15, 0.2) is 0 Å². The van der Waals surface area contributed by atoms with E-state index in [-0.39, 0.29) is 29.8 Å². The van der Waals surface area contributed by atoms with Crippen molar-refractivity contribution in [1.29, 1.82) is 0 Å². The van der Waals surface area contributed by atoms with E-state index >= 15 is 0 Å². The third-order valence-corrected chi connectivity index (χ3v) is 5.36. The molecule has 1 saturated carbocycles. The van der Waals surface area contributed by atoms with Crippen molar-refractivity contribution in [1.82, 2.24) is 0 Å². The van der Waals surface area contributed by atoms with Crippen LogP contribution in [0.1, 0.15) is 46.5 Å². The van der Waals surface area contributed by atoms with E-state index in [9.17, 15) is 9.90 Å². The summed E-state index contributed by atoms with van der Waals surface area (Å²) in [5.41, 5.74) is 2.05. The van der Waals surface area contributed by atoms with E-state index in [1.54, 1.807) is 0 Å². The standard InChI is InChI=1S/C15H22O3/c1-8-4-5-11-9(2)14(16)18-13(11)12-10(8)6-7-15(12,3)17/h9,11-13,17H,4-7H2,1-3H3/t9-,11+,12+,13+,15-/m1/s1. The van der Waals surface area contributed by atoms with Gasteiger partial charge in [0.05, 0.1) is 11.5 Å². The molecule has 0 bridgehead atoms.